The van der Waals surface area contributed by atoms with Gasteiger partial charge in [0.2, 0.25) is 17.7 Å². The van der Waals surface area contributed by atoms with Gasteiger partial charge in [-0.05, 0) is 73.5 Å². The fourth-order valence-corrected chi connectivity index (χ4v) is 4.24. The number of nitrogens with zero attached hydrogens (tertiary/aromatic N) is 1. The summed E-state index contributed by atoms with van der Waals surface area (Å²) < 4.78 is 0. The maximum absolute atomic E-state index is 12.3. The smallest absolute Gasteiger partial charge is 0.237 e. The number of carbonyl (C=O) groups is 3. The monoisotopic (exact) mass is 632 g/mol. The van der Waals surface area contributed by atoms with Gasteiger partial charge in [0, 0.05) is 53.0 Å². The van der Waals surface area contributed by atoms with Crippen molar-refractivity contribution in [2.24, 2.45) is 17.4 Å². The molecule has 1 fully saturated rings. The molecular weight excluding hydrogens is 572 g/mol. The lowest BCUT2D eigenvalue weighted by atomic mass is 9.94. The van der Waals surface area contributed by atoms with Crippen molar-refractivity contribution < 1.29 is 24.6 Å². The molecule has 3 unspecified atom stereocenters. The standard InChI is InChI=1S/C28H44N4O4.C4H9NO.C2H7N/c1-3-13-31-28(36)25(29)18-23-17-22(10-11-26(23)34)21(7-6-15-33)16-20(2)9-12-27(35)32-19-24-8-4-5-14-30-24;1-4(6)5(2)3;1-2-3/h6-7,10-11,16-17,20,24-25,30,33-34H,3-5,8-9,12-15,18-19,29H2,1-2H3,(H,31,36)(H,32,35);1-3H3;2-3H2,1H3/b7-6-,21-16+;;. The summed E-state index contributed by atoms with van der Waals surface area (Å²) in [7, 11) is 3.45. The molecule has 0 radical (unpaired) electrons. The Morgan fingerprint density at radius 1 is 1.18 bits per heavy atom. The number of allylic oxidation sites excluding steroid dienone is 3. The Bertz CT molecular complexity index is 1050. The number of hydrogen-bond acceptors (Lipinski definition) is 8. The molecule has 1 heterocycles. The molecule has 0 aliphatic carbocycles. The van der Waals surface area contributed by atoms with Crippen molar-refractivity contribution in [2.45, 2.75) is 84.7 Å². The Balaban J connectivity index is 0.00000189. The van der Waals surface area contributed by atoms with E-state index < -0.39 is 6.04 Å². The first-order chi connectivity index (χ1) is 21.4. The Hall–Kier alpha value is -3.25. The topological polar surface area (TPSA) is 183 Å². The highest BCUT2D eigenvalue weighted by atomic mass is 16.3. The second kappa shape index (κ2) is 25.0. The highest BCUT2D eigenvalue weighted by Crippen LogP contribution is 2.27. The first-order valence-electron chi connectivity index (χ1n) is 16.1. The second-order valence-corrected chi connectivity index (χ2v) is 11.4. The Morgan fingerprint density at radius 3 is 2.40 bits per heavy atom. The first kappa shape index (κ1) is 41.8. The fraction of sp³-hybridized carbons (Fsp3) is 0.618. The normalized spacial score (nSPS) is 15.9. The van der Waals surface area contributed by atoms with Gasteiger partial charge in [-0.15, -0.1) is 0 Å². The number of nitrogens with one attached hydrogen (secondary N) is 3. The largest absolute Gasteiger partial charge is 0.508 e. The summed E-state index contributed by atoms with van der Waals surface area (Å²) in [6.07, 6.45) is 11.2. The molecular formula is C34H60N6O5. The lowest BCUT2D eigenvalue weighted by molar-refractivity contribution is -0.126. The minimum atomic E-state index is -0.764. The van der Waals surface area contributed by atoms with Crippen LogP contribution in [0.4, 0.5) is 0 Å². The van der Waals surface area contributed by atoms with E-state index in [1.807, 2.05) is 26.0 Å². The van der Waals surface area contributed by atoms with E-state index in [4.69, 9.17) is 11.5 Å². The van der Waals surface area contributed by atoms with E-state index in [-0.39, 0.29) is 42.4 Å². The Morgan fingerprint density at radius 2 is 1.84 bits per heavy atom. The molecule has 256 valence electrons. The van der Waals surface area contributed by atoms with Crippen LogP contribution in [-0.2, 0) is 20.8 Å². The predicted molar refractivity (Wildman–Crippen MR) is 183 cm³/mol. The molecule has 1 aromatic carbocycles. The van der Waals surface area contributed by atoms with Crippen molar-refractivity contribution >= 4 is 23.3 Å². The molecule has 1 aliphatic rings. The average molecular weight is 633 g/mol. The number of hydrogen-bond donors (Lipinski definition) is 7. The van der Waals surface area contributed by atoms with Gasteiger partial charge in [-0.1, -0.05) is 51.5 Å². The van der Waals surface area contributed by atoms with E-state index >= 15 is 0 Å². The van der Waals surface area contributed by atoms with Crippen LogP contribution < -0.4 is 27.4 Å². The van der Waals surface area contributed by atoms with Crippen molar-refractivity contribution in [3.63, 3.8) is 0 Å². The van der Waals surface area contributed by atoms with E-state index in [0.717, 1.165) is 37.1 Å². The van der Waals surface area contributed by atoms with Crippen LogP contribution in [0, 0.1) is 5.92 Å². The second-order valence-electron chi connectivity index (χ2n) is 11.4. The zero-order valence-electron chi connectivity index (χ0n) is 28.4. The molecule has 0 bridgehead atoms. The number of aromatic hydroxyl groups is 1. The van der Waals surface area contributed by atoms with Crippen LogP contribution in [0.5, 0.6) is 5.75 Å². The summed E-state index contributed by atoms with van der Waals surface area (Å²) in [5.74, 6) is 0.0949. The first-order valence-corrected chi connectivity index (χ1v) is 16.1. The van der Waals surface area contributed by atoms with Gasteiger partial charge in [-0.3, -0.25) is 14.4 Å². The van der Waals surface area contributed by atoms with Gasteiger partial charge in [0.1, 0.15) is 5.75 Å². The van der Waals surface area contributed by atoms with Crippen molar-refractivity contribution in [3.05, 3.63) is 47.6 Å². The molecule has 0 saturated carbocycles. The summed E-state index contributed by atoms with van der Waals surface area (Å²) in [6, 6.07) is 4.82. The SMILES string of the molecule is CC(=O)N(C)C.CCCNC(=O)C(N)Cc1cc(C(/C=C\CO)=C/C(C)CCC(=O)NCC2CCCCN2)ccc1O.CCN. The van der Waals surface area contributed by atoms with E-state index in [0.29, 0.717) is 37.5 Å². The predicted octanol–water partition coefficient (Wildman–Crippen LogP) is 2.45. The van der Waals surface area contributed by atoms with Gasteiger partial charge in [0.25, 0.3) is 0 Å². The zero-order chi connectivity index (χ0) is 34.2. The molecule has 0 aromatic heterocycles. The highest BCUT2D eigenvalue weighted by molar-refractivity contribution is 5.82. The van der Waals surface area contributed by atoms with Crippen LogP contribution in [-0.4, -0.2) is 91.8 Å². The van der Waals surface area contributed by atoms with E-state index in [1.54, 1.807) is 32.3 Å². The number of aliphatic hydroxyl groups excluding tert-OH is 1. The van der Waals surface area contributed by atoms with E-state index in [9.17, 15) is 24.6 Å². The molecule has 3 atom stereocenters. The molecule has 2 rings (SSSR count). The third-order valence-corrected chi connectivity index (χ3v) is 7.02. The quantitative estimate of drug-likeness (QED) is 0.153. The van der Waals surface area contributed by atoms with Gasteiger partial charge in [-0.2, -0.15) is 0 Å². The minimum absolute atomic E-state index is 0.0531. The third-order valence-electron chi connectivity index (χ3n) is 7.02. The lowest BCUT2D eigenvalue weighted by Gasteiger charge is -2.23. The average Bonchev–Trinajstić information content (AvgIpc) is 3.02. The number of rotatable bonds is 14. The van der Waals surface area contributed by atoms with Gasteiger partial charge in [0.05, 0.1) is 12.6 Å². The molecule has 45 heavy (non-hydrogen) atoms. The summed E-state index contributed by atoms with van der Waals surface area (Å²) in [4.78, 5) is 36.1. The van der Waals surface area contributed by atoms with E-state index in [2.05, 4.69) is 29.0 Å². The Kier molecular flexibility index (Phi) is 23.2. The summed E-state index contributed by atoms with van der Waals surface area (Å²) >= 11 is 0. The number of amides is 3. The van der Waals surface area contributed by atoms with Crippen LogP contribution in [0.25, 0.3) is 5.57 Å². The summed E-state index contributed by atoms with van der Waals surface area (Å²) in [6.45, 7) is 10.3. The Labute approximate surface area is 270 Å². The molecule has 1 aliphatic heterocycles. The summed E-state index contributed by atoms with van der Waals surface area (Å²) in [5, 5.41) is 28.9. The van der Waals surface area contributed by atoms with E-state index in [1.165, 1.54) is 24.7 Å². The van der Waals surface area contributed by atoms with Crippen molar-refractivity contribution in [1.29, 1.82) is 0 Å². The molecule has 11 heteroatoms. The van der Waals surface area contributed by atoms with Crippen molar-refractivity contribution in [1.82, 2.24) is 20.9 Å². The van der Waals surface area contributed by atoms with Gasteiger partial charge in [0.15, 0.2) is 0 Å². The van der Waals surface area contributed by atoms with Crippen LogP contribution in [0.1, 0.15) is 77.3 Å². The van der Waals surface area contributed by atoms with Crippen LogP contribution in [0.3, 0.4) is 0 Å². The van der Waals surface area contributed by atoms with Crippen molar-refractivity contribution in [3.8, 4) is 5.75 Å². The lowest BCUT2D eigenvalue weighted by Crippen LogP contribution is -2.43. The number of phenolic OH excluding ortho intramolecular Hbond substituents is 1. The molecule has 1 saturated heterocycles. The third kappa shape index (κ3) is 19.7. The van der Waals surface area contributed by atoms with Crippen LogP contribution in [0.2, 0.25) is 0 Å². The molecule has 9 N–H and O–H groups in total. The fourth-order valence-electron chi connectivity index (χ4n) is 4.24. The number of carbonyl (C=O) groups excluding carboxylic acids is 3. The molecule has 0 spiro atoms. The molecule has 1 aromatic rings. The maximum atomic E-state index is 12.3. The maximum Gasteiger partial charge on any atom is 0.237 e. The number of benzene rings is 1. The van der Waals surface area contributed by atoms with Crippen LogP contribution >= 0.6 is 0 Å². The zero-order valence-corrected chi connectivity index (χ0v) is 28.4. The minimum Gasteiger partial charge on any atom is -0.508 e. The number of phenols is 1. The van der Waals surface area contributed by atoms with Gasteiger partial charge in [-0.25, -0.2) is 0 Å². The summed E-state index contributed by atoms with van der Waals surface area (Å²) in [5.41, 5.74) is 13.2. The highest BCUT2D eigenvalue weighted by Gasteiger charge is 2.17. The number of nitrogens with two attached hydrogens (primary N) is 2. The number of piperidine rings is 1. The van der Waals surface area contributed by atoms with Crippen molar-refractivity contribution in [2.75, 3.05) is 46.9 Å². The van der Waals surface area contributed by atoms with Crippen LogP contribution in [0.15, 0.2) is 36.4 Å². The van der Waals surface area contributed by atoms with Gasteiger partial charge >= 0.3 is 0 Å². The molecule has 3 amide bonds. The number of aliphatic hydroxyl groups is 1. The van der Waals surface area contributed by atoms with Gasteiger partial charge < -0.3 is 42.5 Å². The molecule has 11 nitrogen and oxygen atoms in total.